The van der Waals surface area contributed by atoms with Gasteiger partial charge < -0.3 is 14.6 Å². The number of aryl methyl sites for hydroxylation is 1. The van der Waals surface area contributed by atoms with Crippen molar-refractivity contribution >= 4 is 17.7 Å². The smallest absolute Gasteiger partial charge is 0.230 e. The molecule has 2 aromatic carbocycles. The van der Waals surface area contributed by atoms with Gasteiger partial charge in [0.2, 0.25) is 5.91 Å². The predicted molar refractivity (Wildman–Crippen MR) is 115 cm³/mol. The summed E-state index contributed by atoms with van der Waals surface area (Å²) in [6.45, 7) is 5.05. The van der Waals surface area contributed by atoms with Gasteiger partial charge in [-0.25, -0.2) is 0 Å². The van der Waals surface area contributed by atoms with E-state index < -0.39 is 0 Å². The fourth-order valence-electron chi connectivity index (χ4n) is 2.79. The standard InChI is InChI=1S/C22H26N4O2S/c1-16-8-7-11-19(17(16)2)28-14-20-24-25-22(26(20)3)29-15-21(27)23-13-12-18-9-5-4-6-10-18/h4-11H,12-15H2,1-3H3,(H,23,27). The molecule has 0 fully saturated rings. The summed E-state index contributed by atoms with van der Waals surface area (Å²) in [5.74, 6) is 1.86. The fourth-order valence-corrected chi connectivity index (χ4v) is 3.55. The van der Waals surface area contributed by atoms with Gasteiger partial charge in [0.15, 0.2) is 11.0 Å². The van der Waals surface area contributed by atoms with Gasteiger partial charge in [-0.1, -0.05) is 54.2 Å². The van der Waals surface area contributed by atoms with E-state index in [1.54, 1.807) is 0 Å². The van der Waals surface area contributed by atoms with Gasteiger partial charge in [0.05, 0.1) is 5.75 Å². The number of benzene rings is 2. The van der Waals surface area contributed by atoms with E-state index in [1.807, 2.05) is 48.9 Å². The molecular formula is C22H26N4O2S. The molecule has 0 aliphatic carbocycles. The third-order valence-electron chi connectivity index (χ3n) is 4.75. The van der Waals surface area contributed by atoms with Crippen molar-refractivity contribution in [2.75, 3.05) is 12.3 Å². The summed E-state index contributed by atoms with van der Waals surface area (Å²) < 4.78 is 7.77. The topological polar surface area (TPSA) is 69.0 Å². The lowest BCUT2D eigenvalue weighted by molar-refractivity contribution is -0.118. The summed E-state index contributed by atoms with van der Waals surface area (Å²) in [4.78, 5) is 12.1. The molecule has 1 N–H and O–H groups in total. The molecule has 3 aromatic rings. The minimum absolute atomic E-state index is 0.0119. The average Bonchev–Trinajstić information content (AvgIpc) is 3.08. The van der Waals surface area contributed by atoms with Crippen molar-refractivity contribution in [1.29, 1.82) is 0 Å². The van der Waals surface area contributed by atoms with E-state index in [0.29, 0.717) is 24.1 Å². The first kappa shape index (κ1) is 20.9. The zero-order valence-corrected chi connectivity index (χ0v) is 17.8. The first-order chi connectivity index (χ1) is 14.0. The number of carbonyl (C=O) groups excluding carboxylic acids is 1. The van der Waals surface area contributed by atoms with E-state index in [9.17, 15) is 4.79 Å². The van der Waals surface area contributed by atoms with Gasteiger partial charge in [-0.05, 0) is 43.0 Å². The summed E-state index contributed by atoms with van der Waals surface area (Å²) in [6, 6.07) is 16.1. The monoisotopic (exact) mass is 410 g/mol. The summed E-state index contributed by atoms with van der Waals surface area (Å²) >= 11 is 1.37. The number of thioether (sulfide) groups is 1. The second-order valence-corrected chi connectivity index (χ2v) is 7.76. The second kappa shape index (κ2) is 10.1. The molecule has 1 amide bonds. The second-order valence-electron chi connectivity index (χ2n) is 6.82. The Labute approximate surface area is 175 Å². The first-order valence-electron chi connectivity index (χ1n) is 9.55. The highest BCUT2D eigenvalue weighted by atomic mass is 32.2. The molecule has 0 aliphatic heterocycles. The molecule has 0 unspecified atom stereocenters. The Balaban J connectivity index is 1.45. The van der Waals surface area contributed by atoms with Crippen molar-refractivity contribution < 1.29 is 9.53 Å². The Kier molecular flexibility index (Phi) is 7.30. The summed E-state index contributed by atoms with van der Waals surface area (Å²) in [6.07, 6.45) is 0.821. The zero-order chi connectivity index (χ0) is 20.6. The van der Waals surface area contributed by atoms with Crippen LogP contribution in [0.1, 0.15) is 22.5 Å². The van der Waals surface area contributed by atoms with Crippen LogP contribution in [0.4, 0.5) is 0 Å². The number of nitrogens with zero attached hydrogens (tertiary/aromatic N) is 3. The van der Waals surface area contributed by atoms with Gasteiger partial charge in [0, 0.05) is 13.6 Å². The van der Waals surface area contributed by atoms with Crippen molar-refractivity contribution in [2.24, 2.45) is 7.05 Å². The lowest BCUT2D eigenvalue weighted by atomic mass is 10.1. The lowest BCUT2D eigenvalue weighted by Crippen LogP contribution is -2.27. The quantitative estimate of drug-likeness (QED) is 0.547. The fraction of sp³-hybridized carbons (Fsp3) is 0.318. The van der Waals surface area contributed by atoms with Crippen LogP contribution in [0, 0.1) is 13.8 Å². The molecule has 0 saturated carbocycles. The maximum absolute atomic E-state index is 12.1. The molecule has 0 bridgehead atoms. The van der Waals surface area contributed by atoms with Crippen LogP contribution < -0.4 is 10.1 Å². The Morgan fingerprint density at radius 1 is 1.10 bits per heavy atom. The summed E-state index contributed by atoms with van der Waals surface area (Å²) in [5, 5.41) is 12.0. The Bertz CT molecular complexity index is 957. The molecular weight excluding hydrogens is 384 g/mol. The van der Waals surface area contributed by atoms with Gasteiger partial charge in [0.1, 0.15) is 12.4 Å². The average molecular weight is 411 g/mol. The normalized spacial score (nSPS) is 10.7. The number of hydrogen-bond acceptors (Lipinski definition) is 5. The van der Waals surface area contributed by atoms with Crippen molar-refractivity contribution in [3.8, 4) is 5.75 Å². The maximum atomic E-state index is 12.1. The molecule has 0 aliphatic rings. The van der Waals surface area contributed by atoms with E-state index in [4.69, 9.17) is 4.74 Å². The molecule has 7 heteroatoms. The highest BCUT2D eigenvalue weighted by Gasteiger charge is 2.12. The van der Waals surface area contributed by atoms with Crippen LogP contribution in [0.5, 0.6) is 5.75 Å². The molecule has 1 aromatic heterocycles. The van der Waals surface area contributed by atoms with E-state index >= 15 is 0 Å². The van der Waals surface area contributed by atoms with Gasteiger partial charge in [0.25, 0.3) is 0 Å². The minimum Gasteiger partial charge on any atom is -0.485 e. The maximum Gasteiger partial charge on any atom is 0.230 e. The highest BCUT2D eigenvalue weighted by molar-refractivity contribution is 7.99. The van der Waals surface area contributed by atoms with E-state index in [0.717, 1.165) is 23.6 Å². The van der Waals surface area contributed by atoms with Crippen LogP contribution in [-0.4, -0.2) is 33.0 Å². The summed E-state index contributed by atoms with van der Waals surface area (Å²) in [7, 11) is 1.89. The number of rotatable bonds is 9. The number of aromatic nitrogens is 3. The van der Waals surface area contributed by atoms with E-state index in [2.05, 4.69) is 40.6 Å². The number of amides is 1. The number of nitrogens with one attached hydrogen (secondary N) is 1. The molecule has 0 atom stereocenters. The van der Waals surface area contributed by atoms with Crippen LogP contribution in [0.15, 0.2) is 53.7 Å². The van der Waals surface area contributed by atoms with E-state index in [1.165, 1.54) is 22.9 Å². The highest BCUT2D eigenvalue weighted by Crippen LogP contribution is 2.22. The van der Waals surface area contributed by atoms with E-state index in [-0.39, 0.29) is 5.91 Å². The lowest BCUT2D eigenvalue weighted by Gasteiger charge is -2.10. The van der Waals surface area contributed by atoms with Crippen LogP contribution >= 0.6 is 11.8 Å². The zero-order valence-electron chi connectivity index (χ0n) is 17.0. The number of ether oxygens (including phenoxy) is 1. The van der Waals surface area contributed by atoms with Crippen LogP contribution in [0.2, 0.25) is 0 Å². The molecule has 0 saturated heterocycles. The summed E-state index contributed by atoms with van der Waals surface area (Å²) in [5.41, 5.74) is 3.52. The molecule has 6 nitrogen and oxygen atoms in total. The SMILES string of the molecule is Cc1cccc(OCc2nnc(SCC(=O)NCCc3ccccc3)n2C)c1C. The third-order valence-corrected chi connectivity index (χ3v) is 5.77. The Hall–Kier alpha value is -2.80. The van der Waals surface area contributed by atoms with Crippen LogP contribution in [-0.2, 0) is 24.9 Å². The molecule has 1 heterocycles. The number of hydrogen-bond donors (Lipinski definition) is 1. The Morgan fingerprint density at radius 3 is 2.69 bits per heavy atom. The third kappa shape index (κ3) is 5.84. The van der Waals surface area contributed by atoms with Crippen molar-refractivity contribution in [3.63, 3.8) is 0 Å². The molecule has 3 rings (SSSR count). The molecule has 152 valence electrons. The van der Waals surface area contributed by atoms with Crippen molar-refractivity contribution in [2.45, 2.75) is 32.0 Å². The van der Waals surface area contributed by atoms with Crippen LogP contribution in [0.25, 0.3) is 0 Å². The molecule has 0 radical (unpaired) electrons. The Morgan fingerprint density at radius 2 is 1.90 bits per heavy atom. The van der Waals surface area contributed by atoms with Crippen LogP contribution in [0.3, 0.4) is 0 Å². The predicted octanol–water partition coefficient (Wildman–Crippen LogP) is 3.46. The van der Waals surface area contributed by atoms with Gasteiger partial charge >= 0.3 is 0 Å². The minimum atomic E-state index is -0.0119. The van der Waals surface area contributed by atoms with Crippen molar-refractivity contribution in [3.05, 3.63) is 71.0 Å². The first-order valence-corrected chi connectivity index (χ1v) is 10.5. The van der Waals surface area contributed by atoms with Gasteiger partial charge in [-0.3, -0.25) is 4.79 Å². The largest absolute Gasteiger partial charge is 0.485 e. The molecule has 0 spiro atoms. The van der Waals surface area contributed by atoms with Gasteiger partial charge in [-0.15, -0.1) is 10.2 Å². The number of carbonyl (C=O) groups is 1. The van der Waals surface area contributed by atoms with Crippen molar-refractivity contribution in [1.82, 2.24) is 20.1 Å². The molecule has 29 heavy (non-hydrogen) atoms. The van der Waals surface area contributed by atoms with Gasteiger partial charge in [-0.2, -0.15) is 0 Å².